The number of rotatable bonds is 4. The lowest BCUT2D eigenvalue weighted by molar-refractivity contribution is -0.134. The van der Waals surface area contributed by atoms with Crippen LogP contribution in [0.15, 0.2) is 51.7 Å². The van der Waals surface area contributed by atoms with Crippen LogP contribution < -0.4 is 0 Å². The summed E-state index contributed by atoms with van der Waals surface area (Å²) in [6.45, 7) is 5.20. The highest BCUT2D eigenvalue weighted by Gasteiger charge is 2.36. The molecule has 2 aliphatic heterocycles. The van der Waals surface area contributed by atoms with Crippen molar-refractivity contribution in [3.8, 4) is 0 Å². The molecule has 0 radical (unpaired) electrons. The Bertz CT molecular complexity index is 1390. The monoisotopic (exact) mass is 666 g/mol. The summed E-state index contributed by atoms with van der Waals surface area (Å²) in [5, 5.41) is 0. The van der Waals surface area contributed by atoms with Crippen LogP contribution in [0.1, 0.15) is 76.5 Å². The van der Waals surface area contributed by atoms with Crippen LogP contribution in [0.5, 0.6) is 0 Å². The Kier molecular flexibility index (Phi) is 8.18. The van der Waals surface area contributed by atoms with Crippen molar-refractivity contribution in [2.75, 3.05) is 26.2 Å². The molecule has 0 spiro atoms. The van der Waals surface area contributed by atoms with Crippen molar-refractivity contribution < 1.29 is 9.59 Å². The lowest BCUT2D eigenvalue weighted by atomic mass is 9.76. The molecule has 8 heteroatoms. The van der Waals surface area contributed by atoms with Crippen molar-refractivity contribution >= 4 is 43.7 Å². The molecule has 0 bridgehead atoms. The summed E-state index contributed by atoms with van der Waals surface area (Å²) < 4.78 is 2.22. The topological polar surface area (TPSA) is 69.3 Å². The molecule has 1 unspecified atom stereocenters. The second-order valence-electron chi connectivity index (χ2n) is 11.7. The van der Waals surface area contributed by atoms with Gasteiger partial charge in [0.15, 0.2) is 0 Å². The molecule has 40 heavy (non-hydrogen) atoms. The van der Waals surface area contributed by atoms with Crippen LogP contribution in [0.2, 0.25) is 0 Å². The summed E-state index contributed by atoms with van der Waals surface area (Å²) >= 11 is 7.57. The summed E-state index contributed by atoms with van der Waals surface area (Å²) in [7, 11) is 0. The summed E-state index contributed by atoms with van der Waals surface area (Å²) in [6.07, 6.45) is 10.1. The Morgan fingerprint density at radius 2 is 1.70 bits per heavy atom. The van der Waals surface area contributed by atoms with Crippen LogP contribution in [-0.4, -0.2) is 57.8 Å². The van der Waals surface area contributed by atoms with Gasteiger partial charge in [-0.3, -0.25) is 14.6 Å². The van der Waals surface area contributed by atoms with Gasteiger partial charge >= 0.3 is 0 Å². The van der Waals surface area contributed by atoms with Gasteiger partial charge in [-0.25, -0.2) is 0 Å². The number of H-pyrrole nitrogens is 1. The van der Waals surface area contributed by atoms with Crippen LogP contribution in [0, 0.1) is 18.8 Å². The van der Waals surface area contributed by atoms with E-state index in [1.165, 1.54) is 32.4 Å². The van der Waals surface area contributed by atoms with E-state index in [4.69, 9.17) is 4.98 Å². The minimum atomic E-state index is 0.0575. The molecule has 1 aromatic carbocycles. The van der Waals surface area contributed by atoms with E-state index in [1.54, 1.807) is 6.20 Å². The van der Waals surface area contributed by atoms with Gasteiger partial charge in [0.1, 0.15) is 5.69 Å². The molecule has 1 N–H and O–H groups in total. The number of fused-ring (bicyclic) bond motifs is 2. The van der Waals surface area contributed by atoms with E-state index in [1.807, 2.05) is 23.2 Å². The van der Waals surface area contributed by atoms with Crippen molar-refractivity contribution in [1.29, 1.82) is 0 Å². The third-order valence-corrected chi connectivity index (χ3v) is 10.2. The molecule has 1 atom stereocenters. The van der Waals surface area contributed by atoms with Crippen molar-refractivity contribution in [3.63, 3.8) is 0 Å². The van der Waals surface area contributed by atoms with E-state index in [0.29, 0.717) is 24.0 Å². The molecule has 4 heterocycles. The number of nitrogens with zero attached hydrogens (tertiary/aromatic N) is 3. The lowest BCUT2D eigenvalue weighted by Crippen LogP contribution is -2.43. The smallest absolute Gasteiger partial charge is 0.270 e. The van der Waals surface area contributed by atoms with Gasteiger partial charge in [0, 0.05) is 59.9 Å². The number of piperidine rings is 2. The Labute approximate surface area is 253 Å². The largest absolute Gasteiger partial charge is 0.357 e. The predicted molar refractivity (Wildman–Crippen MR) is 163 cm³/mol. The van der Waals surface area contributed by atoms with Crippen LogP contribution in [-0.2, 0) is 17.6 Å². The number of amides is 2. The number of aryl methyl sites for hydroxylation is 3. The molecule has 3 aliphatic rings. The van der Waals surface area contributed by atoms with Crippen LogP contribution in [0.4, 0.5) is 0 Å². The maximum atomic E-state index is 13.3. The average Bonchev–Trinajstić information content (AvgIpc) is 3.44. The zero-order valence-corrected chi connectivity index (χ0v) is 26.1. The molecule has 210 valence electrons. The van der Waals surface area contributed by atoms with Crippen molar-refractivity contribution in [3.05, 3.63) is 85.3 Å². The molecular formula is C32H36Br2N4O2. The fourth-order valence-electron chi connectivity index (χ4n) is 7.05. The van der Waals surface area contributed by atoms with Gasteiger partial charge in [0.25, 0.3) is 5.91 Å². The maximum absolute atomic E-state index is 13.3. The highest BCUT2D eigenvalue weighted by molar-refractivity contribution is 9.10. The van der Waals surface area contributed by atoms with E-state index < -0.39 is 0 Å². The summed E-state index contributed by atoms with van der Waals surface area (Å²) in [4.78, 5) is 38.0. The van der Waals surface area contributed by atoms with E-state index in [0.717, 1.165) is 69.2 Å². The summed E-state index contributed by atoms with van der Waals surface area (Å²) in [5.41, 5.74) is 7.28. The third-order valence-electron chi connectivity index (χ3n) is 9.15. The normalized spacial score (nSPS) is 20.1. The fourth-order valence-corrected chi connectivity index (χ4v) is 8.29. The second kappa shape index (κ2) is 11.8. The van der Waals surface area contributed by atoms with Gasteiger partial charge < -0.3 is 14.8 Å². The number of carbonyl (C=O) groups excluding carboxylic acids is 2. The number of aromatic nitrogens is 2. The third kappa shape index (κ3) is 5.67. The molecule has 1 aliphatic carbocycles. The standard InChI is InChI=1S/C32H36Br2N4O2/c1-20-15-23-4-5-24-18-25(33)19-36-31(24)30(29(23)26(34)16-20)22-8-13-37(14-9-22)28(39)17-21-6-11-38(12-7-21)32(40)27-3-2-10-35-27/h2-3,10,15-16,18-19,21-22,30,35H,4-9,11-14,17H2,1H3. The minimum Gasteiger partial charge on any atom is -0.357 e. The Morgan fingerprint density at radius 1 is 0.975 bits per heavy atom. The first-order valence-corrected chi connectivity index (χ1v) is 16.1. The minimum absolute atomic E-state index is 0.0575. The quantitative estimate of drug-likeness (QED) is 0.339. The Hall–Kier alpha value is -2.45. The summed E-state index contributed by atoms with van der Waals surface area (Å²) in [6, 6.07) is 10.5. The van der Waals surface area contributed by atoms with Crippen LogP contribution in [0.3, 0.4) is 0 Å². The number of hydrogen-bond acceptors (Lipinski definition) is 3. The van der Waals surface area contributed by atoms with Crippen molar-refractivity contribution in [2.45, 2.75) is 57.8 Å². The first-order chi connectivity index (χ1) is 19.4. The molecule has 6 rings (SSSR count). The first-order valence-electron chi connectivity index (χ1n) is 14.5. The molecule has 2 amide bonds. The number of nitrogens with one attached hydrogen (secondary N) is 1. The molecular weight excluding hydrogens is 632 g/mol. The number of carbonyl (C=O) groups is 2. The highest BCUT2D eigenvalue weighted by Crippen LogP contribution is 2.45. The lowest BCUT2D eigenvalue weighted by Gasteiger charge is -2.38. The van der Waals surface area contributed by atoms with Crippen molar-refractivity contribution in [1.82, 2.24) is 19.8 Å². The van der Waals surface area contributed by atoms with Gasteiger partial charge in [0.05, 0.1) is 5.69 Å². The number of benzene rings is 1. The zero-order chi connectivity index (χ0) is 27.8. The highest BCUT2D eigenvalue weighted by atomic mass is 79.9. The average molecular weight is 668 g/mol. The number of pyridine rings is 1. The molecule has 0 saturated carbocycles. The molecule has 2 saturated heterocycles. The number of aromatic amines is 1. The van der Waals surface area contributed by atoms with Gasteiger partial charge in [0.2, 0.25) is 5.91 Å². The Morgan fingerprint density at radius 3 is 2.42 bits per heavy atom. The first kappa shape index (κ1) is 27.7. The molecule has 2 aromatic heterocycles. The number of halogens is 2. The van der Waals surface area contributed by atoms with E-state index >= 15 is 0 Å². The maximum Gasteiger partial charge on any atom is 0.270 e. The SMILES string of the molecule is Cc1cc(Br)c2c(c1)CCc1cc(Br)cnc1C2C1CCN(C(=O)CC2CCN(C(=O)c3ccc[nH]3)CC2)CC1. The van der Waals surface area contributed by atoms with Gasteiger partial charge in [-0.2, -0.15) is 0 Å². The molecule has 2 fully saturated rings. The predicted octanol–water partition coefficient (Wildman–Crippen LogP) is 6.65. The van der Waals surface area contributed by atoms with Crippen LogP contribution in [0.25, 0.3) is 0 Å². The van der Waals surface area contributed by atoms with Gasteiger partial charge in [-0.15, -0.1) is 0 Å². The molecule has 6 nitrogen and oxygen atoms in total. The van der Waals surface area contributed by atoms with Crippen LogP contribution >= 0.6 is 31.9 Å². The van der Waals surface area contributed by atoms with Gasteiger partial charge in [-0.1, -0.05) is 22.0 Å². The van der Waals surface area contributed by atoms with Gasteiger partial charge in [-0.05, 0) is 120 Å². The zero-order valence-electron chi connectivity index (χ0n) is 23.0. The summed E-state index contributed by atoms with van der Waals surface area (Å²) in [5.74, 6) is 1.35. The Balaban J connectivity index is 1.11. The van der Waals surface area contributed by atoms with Crippen molar-refractivity contribution in [2.24, 2.45) is 11.8 Å². The fraction of sp³-hybridized carbons (Fsp3) is 0.469. The number of hydrogen-bond donors (Lipinski definition) is 1. The number of likely N-dealkylation sites (tertiary alicyclic amines) is 2. The van der Waals surface area contributed by atoms with E-state index in [9.17, 15) is 9.59 Å². The van der Waals surface area contributed by atoms with E-state index in [-0.39, 0.29) is 17.7 Å². The van der Waals surface area contributed by atoms with E-state index in [2.05, 4.69) is 66.9 Å². The second-order valence-corrected chi connectivity index (χ2v) is 13.5. The molecule has 3 aromatic rings.